The highest BCUT2D eigenvalue weighted by molar-refractivity contribution is 5.77. The maximum atomic E-state index is 12.0. The van der Waals surface area contributed by atoms with E-state index in [9.17, 15) is 4.79 Å². The number of carbonyl (C=O) groups excluding carboxylic acids is 1. The van der Waals surface area contributed by atoms with E-state index in [-0.39, 0.29) is 18.6 Å². The Kier molecular flexibility index (Phi) is 6.05. The van der Waals surface area contributed by atoms with Gasteiger partial charge in [-0.15, -0.1) is 0 Å². The second-order valence-electron chi connectivity index (χ2n) is 5.87. The van der Waals surface area contributed by atoms with Crippen molar-refractivity contribution < 1.29 is 9.53 Å². The number of hydrogen-bond acceptors (Lipinski definition) is 3. The lowest BCUT2D eigenvalue weighted by atomic mass is 10.1. The van der Waals surface area contributed by atoms with E-state index in [1.54, 1.807) is 0 Å². The predicted octanol–water partition coefficient (Wildman–Crippen LogP) is 2.92. The third kappa shape index (κ3) is 5.05. The van der Waals surface area contributed by atoms with Crippen molar-refractivity contribution in [3.63, 3.8) is 0 Å². The normalized spacial score (nSPS) is 17.8. The van der Waals surface area contributed by atoms with Crippen LogP contribution in [0.2, 0.25) is 0 Å². The Bertz CT molecular complexity index is 452. The van der Waals surface area contributed by atoms with Crippen molar-refractivity contribution in [3.8, 4) is 5.75 Å². The fraction of sp³-hybridized carbons (Fsp3) is 0.588. The van der Waals surface area contributed by atoms with Crippen LogP contribution in [0.15, 0.2) is 24.3 Å². The maximum Gasteiger partial charge on any atom is 0.258 e. The molecule has 0 radical (unpaired) electrons. The molecule has 0 spiro atoms. The minimum absolute atomic E-state index is 0.0404. The summed E-state index contributed by atoms with van der Waals surface area (Å²) in [5, 5.41) is 3.08. The van der Waals surface area contributed by atoms with Crippen molar-refractivity contribution in [2.75, 3.05) is 6.61 Å². The molecular formula is C17H26N2O2. The lowest BCUT2D eigenvalue weighted by Gasteiger charge is -2.17. The average Bonchev–Trinajstić information content (AvgIpc) is 2.74. The van der Waals surface area contributed by atoms with Crippen LogP contribution >= 0.6 is 0 Å². The van der Waals surface area contributed by atoms with Crippen molar-refractivity contribution in [1.82, 2.24) is 5.32 Å². The number of para-hydroxylation sites is 1. The highest BCUT2D eigenvalue weighted by Crippen LogP contribution is 2.23. The molecule has 0 aliphatic heterocycles. The second-order valence-corrected chi connectivity index (χ2v) is 5.87. The van der Waals surface area contributed by atoms with Gasteiger partial charge in [-0.1, -0.05) is 43.9 Å². The second kappa shape index (κ2) is 8.03. The van der Waals surface area contributed by atoms with Crippen molar-refractivity contribution >= 4 is 5.91 Å². The quantitative estimate of drug-likeness (QED) is 0.820. The maximum absolute atomic E-state index is 12.0. The van der Waals surface area contributed by atoms with Gasteiger partial charge in [0.25, 0.3) is 5.91 Å². The fourth-order valence-electron chi connectivity index (χ4n) is 2.82. The Morgan fingerprint density at radius 2 is 1.95 bits per heavy atom. The summed E-state index contributed by atoms with van der Waals surface area (Å²) >= 11 is 0. The lowest BCUT2D eigenvalue weighted by molar-refractivity contribution is -0.123. The molecule has 0 aromatic heterocycles. The molecule has 1 atom stereocenters. The van der Waals surface area contributed by atoms with Crippen LogP contribution in [0, 0.1) is 0 Å². The van der Waals surface area contributed by atoms with Crippen LogP contribution in [0.1, 0.15) is 57.1 Å². The monoisotopic (exact) mass is 290 g/mol. The highest BCUT2D eigenvalue weighted by atomic mass is 16.5. The smallest absolute Gasteiger partial charge is 0.258 e. The molecule has 1 aliphatic carbocycles. The van der Waals surface area contributed by atoms with Gasteiger partial charge in [-0.3, -0.25) is 4.79 Å². The molecule has 0 saturated heterocycles. The number of hydrogen-bond donors (Lipinski definition) is 2. The zero-order valence-corrected chi connectivity index (χ0v) is 12.8. The molecule has 1 saturated carbocycles. The first kappa shape index (κ1) is 15.8. The van der Waals surface area contributed by atoms with E-state index in [0.717, 1.165) is 18.4 Å². The van der Waals surface area contributed by atoms with E-state index in [0.29, 0.717) is 11.8 Å². The van der Waals surface area contributed by atoms with Gasteiger partial charge in [0.1, 0.15) is 5.75 Å². The zero-order valence-electron chi connectivity index (χ0n) is 12.8. The Balaban J connectivity index is 1.83. The fourth-order valence-corrected chi connectivity index (χ4v) is 2.82. The Morgan fingerprint density at radius 3 is 2.62 bits per heavy atom. The van der Waals surface area contributed by atoms with E-state index in [2.05, 4.69) is 5.32 Å². The van der Waals surface area contributed by atoms with E-state index in [4.69, 9.17) is 10.5 Å². The van der Waals surface area contributed by atoms with E-state index in [1.165, 1.54) is 25.7 Å². The molecule has 1 amide bonds. The number of benzene rings is 1. The summed E-state index contributed by atoms with van der Waals surface area (Å²) in [5.74, 6) is 0.657. The van der Waals surface area contributed by atoms with Crippen LogP contribution in [0.5, 0.6) is 5.75 Å². The Labute approximate surface area is 127 Å². The standard InChI is InChI=1S/C17H26N2O2/c1-13(18)15-10-6-7-11-16(15)21-12-17(20)19-14-8-4-2-3-5-9-14/h6-7,10-11,13-14H,2-5,8-9,12,18H2,1H3,(H,19,20)/t13-/m0/s1. The van der Waals surface area contributed by atoms with Crippen molar-refractivity contribution in [2.45, 2.75) is 57.5 Å². The Hall–Kier alpha value is -1.55. The summed E-state index contributed by atoms with van der Waals surface area (Å²) in [6.45, 7) is 1.97. The number of amides is 1. The molecule has 1 aromatic rings. The topological polar surface area (TPSA) is 64.3 Å². The minimum atomic E-state index is -0.105. The van der Waals surface area contributed by atoms with Crippen LogP contribution in [-0.2, 0) is 4.79 Å². The average molecular weight is 290 g/mol. The highest BCUT2D eigenvalue weighted by Gasteiger charge is 2.15. The van der Waals surface area contributed by atoms with Crippen molar-refractivity contribution in [2.24, 2.45) is 5.73 Å². The molecule has 3 N–H and O–H groups in total. The van der Waals surface area contributed by atoms with Crippen molar-refractivity contribution in [1.29, 1.82) is 0 Å². The summed E-state index contributed by atoms with van der Waals surface area (Å²) in [5.41, 5.74) is 6.84. The van der Waals surface area contributed by atoms with Gasteiger partial charge >= 0.3 is 0 Å². The molecule has 116 valence electrons. The molecule has 1 aromatic carbocycles. The molecule has 21 heavy (non-hydrogen) atoms. The summed E-state index contributed by atoms with van der Waals surface area (Å²) in [7, 11) is 0. The third-order valence-electron chi connectivity index (χ3n) is 3.99. The van der Waals surface area contributed by atoms with E-state index < -0.39 is 0 Å². The van der Waals surface area contributed by atoms with E-state index >= 15 is 0 Å². The minimum Gasteiger partial charge on any atom is -0.483 e. The van der Waals surface area contributed by atoms with Crippen LogP contribution in [0.4, 0.5) is 0 Å². The zero-order chi connectivity index (χ0) is 15.1. The molecular weight excluding hydrogens is 264 g/mol. The van der Waals surface area contributed by atoms with Gasteiger partial charge in [0.05, 0.1) is 0 Å². The largest absolute Gasteiger partial charge is 0.483 e. The van der Waals surface area contributed by atoms with Gasteiger partial charge in [0.2, 0.25) is 0 Å². The summed E-state index contributed by atoms with van der Waals surface area (Å²) < 4.78 is 5.64. The van der Waals surface area contributed by atoms with Gasteiger partial charge in [-0.05, 0) is 25.8 Å². The van der Waals surface area contributed by atoms with Crippen LogP contribution in [0.25, 0.3) is 0 Å². The molecule has 1 fully saturated rings. The summed E-state index contributed by atoms with van der Waals surface area (Å²) in [6.07, 6.45) is 7.15. The van der Waals surface area contributed by atoms with Crippen LogP contribution in [-0.4, -0.2) is 18.6 Å². The summed E-state index contributed by atoms with van der Waals surface area (Å²) in [6, 6.07) is 7.82. The molecule has 2 rings (SSSR count). The first-order valence-corrected chi connectivity index (χ1v) is 7.93. The molecule has 4 heteroatoms. The first-order valence-electron chi connectivity index (χ1n) is 7.93. The molecule has 0 heterocycles. The van der Waals surface area contributed by atoms with Crippen LogP contribution < -0.4 is 15.8 Å². The number of nitrogens with two attached hydrogens (primary N) is 1. The number of nitrogens with one attached hydrogen (secondary N) is 1. The molecule has 4 nitrogen and oxygen atoms in total. The van der Waals surface area contributed by atoms with Gasteiger partial charge < -0.3 is 15.8 Å². The molecule has 0 bridgehead atoms. The Morgan fingerprint density at radius 1 is 1.29 bits per heavy atom. The lowest BCUT2D eigenvalue weighted by Crippen LogP contribution is -2.37. The number of ether oxygens (including phenoxy) is 1. The summed E-state index contributed by atoms with van der Waals surface area (Å²) in [4.78, 5) is 12.0. The van der Waals surface area contributed by atoms with Crippen molar-refractivity contribution in [3.05, 3.63) is 29.8 Å². The first-order chi connectivity index (χ1) is 10.2. The predicted molar refractivity (Wildman–Crippen MR) is 84.2 cm³/mol. The number of carbonyl (C=O) groups is 1. The molecule has 1 aliphatic rings. The van der Waals surface area contributed by atoms with Crippen LogP contribution in [0.3, 0.4) is 0 Å². The van der Waals surface area contributed by atoms with Gasteiger partial charge in [-0.25, -0.2) is 0 Å². The van der Waals surface area contributed by atoms with Gasteiger partial charge in [0, 0.05) is 17.6 Å². The third-order valence-corrected chi connectivity index (χ3v) is 3.99. The van der Waals surface area contributed by atoms with E-state index in [1.807, 2.05) is 31.2 Å². The number of rotatable bonds is 5. The van der Waals surface area contributed by atoms with Gasteiger partial charge in [-0.2, -0.15) is 0 Å². The van der Waals surface area contributed by atoms with Gasteiger partial charge in [0.15, 0.2) is 6.61 Å². The SMILES string of the molecule is C[C@H](N)c1ccccc1OCC(=O)NC1CCCCCC1. The molecule has 0 unspecified atom stereocenters.